The average Bonchev–Trinajstić information content (AvgIpc) is 3.04. The minimum atomic E-state index is -4.29. The van der Waals surface area contributed by atoms with E-state index < -0.39 is 48.5 Å². The number of hydrogen-bond donors (Lipinski definition) is 1. The molecule has 1 N–H and O–H groups in total. The molecule has 8 nitrogen and oxygen atoms in total. The van der Waals surface area contributed by atoms with Crippen LogP contribution < -0.4 is 4.89 Å². The Morgan fingerprint density at radius 2 is 1.86 bits per heavy atom. The minimum absolute atomic E-state index is 0.00516. The van der Waals surface area contributed by atoms with Crippen LogP contribution in [-0.2, 0) is 28.0 Å². The van der Waals surface area contributed by atoms with Crippen LogP contribution in [0.2, 0.25) is 0 Å². The topological polar surface area (TPSA) is 107 Å². The number of aliphatic hydroxyl groups is 1. The molecule has 158 valence electrons. The zero-order valence-corrected chi connectivity index (χ0v) is 18.3. The van der Waals surface area contributed by atoms with Crippen LogP contribution in [0, 0.1) is 0 Å². The molecule has 0 aliphatic carbocycles. The first-order valence-electron chi connectivity index (χ1n) is 9.39. The van der Waals surface area contributed by atoms with Gasteiger partial charge in [0.15, 0.2) is 6.80 Å². The molecule has 0 aromatic rings. The number of rotatable bonds is 10. The third-order valence-corrected chi connectivity index (χ3v) is 7.68. The van der Waals surface area contributed by atoms with Crippen molar-refractivity contribution in [2.45, 2.75) is 88.0 Å². The van der Waals surface area contributed by atoms with Gasteiger partial charge in [-0.05, 0) is 34.1 Å². The summed E-state index contributed by atoms with van der Waals surface area (Å²) in [7, 11) is 11.5. The summed E-state index contributed by atoms with van der Waals surface area (Å²) in [6.07, 6.45) is -2.89. The van der Waals surface area contributed by atoms with Gasteiger partial charge in [0.1, 0.15) is 34.0 Å². The van der Waals surface area contributed by atoms with Crippen LogP contribution in [0.25, 0.3) is 0 Å². The highest BCUT2D eigenvalue weighted by Gasteiger charge is 2.43. The van der Waals surface area contributed by atoms with E-state index in [4.69, 9.17) is 39.2 Å². The van der Waals surface area contributed by atoms with Crippen molar-refractivity contribution in [3.63, 3.8) is 0 Å². The van der Waals surface area contributed by atoms with Crippen molar-refractivity contribution in [2.24, 2.45) is 0 Å². The first-order valence-corrected chi connectivity index (χ1v) is 12.4. The summed E-state index contributed by atoms with van der Waals surface area (Å²) < 4.78 is 39.7. The van der Waals surface area contributed by atoms with Crippen LogP contribution in [-0.4, -0.2) is 87.9 Å². The van der Waals surface area contributed by atoms with Crippen molar-refractivity contribution in [3.8, 4) is 0 Å². The molecule has 28 heavy (non-hydrogen) atoms. The van der Waals surface area contributed by atoms with E-state index in [-0.39, 0.29) is 25.4 Å². The van der Waals surface area contributed by atoms with Crippen LogP contribution in [0.15, 0.2) is 0 Å². The lowest BCUT2D eigenvalue weighted by Gasteiger charge is -2.30. The zero-order chi connectivity index (χ0) is 21.1. The molecule has 2 aliphatic rings. The molecule has 2 aliphatic heterocycles. The van der Waals surface area contributed by atoms with E-state index in [1.54, 1.807) is 13.8 Å². The van der Waals surface area contributed by atoms with E-state index in [1.165, 1.54) is 0 Å². The van der Waals surface area contributed by atoms with Gasteiger partial charge in [0, 0.05) is 17.3 Å². The van der Waals surface area contributed by atoms with Crippen LogP contribution >= 0.6 is 18.2 Å². The van der Waals surface area contributed by atoms with E-state index in [2.05, 4.69) is 0 Å². The molecule has 2 saturated heterocycles. The molecule has 2 fully saturated rings. The lowest BCUT2D eigenvalue weighted by molar-refractivity contribution is -0.193. The number of aliphatic hydroxyl groups excluding tert-OH is 1. The number of ether oxygens (including phenoxy) is 4. The molecule has 2 heterocycles. The van der Waals surface area contributed by atoms with Gasteiger partial charge in [0.2, 0.25) is 0 Å². The van der Waals surface area contributed by atoms with E-state index in [0.29, 0.717) is 17.8 Å². The van der Waals surface area contributed by atoms with Crippen molar-refractivity contribution in [3.05, 3.63) is 0 Å². The summed E-state index contributed by atoms with van der Waals surface area (Å²) in [6, 6.07) is -1.51. The van der Waals surface area contributed by atoms with Crippen molar-refractivity contribution in [1.82, 2.24) is 0 Å². The van der Waals surface area contributed by atoms with Gasteiger partial charge in [0.25, 0.3) is 0 Å². The molecule has 2 rings (SSSR count). The summed E-state index contributed by atoms with van der Waals surface area (Å²) in [6.45, 7) is 3.02. The molecule has 0 saturated carbocycles. The van der Waals surface area contributed by atoms with Gasteiger partial charge >= 0.3 is 0 Å². The molecule has 4 radical (unpaired) electrons. The second-order valence-corrected chi connectivity index (χ2v) is 11.4. The predicted octanol–water partition coefficient (Wildman–Crippen LogP) is 0.330. The number of hydrogen-bond acceptors (Lipinski definition) is 9. The Kier molecular flexibility index (Phi) is 9.39. The second kappa shape index (κ2) is 10.6. The molecule has 0 spiro atoms. The van der Waals surface area contributed by atoms with Crippen molar-refractivity contribution in [2.75, 3.05) is 13.2 Å². The summed E-state index contributed by atoms with van der Waals surface area (Å²) in [5.41, 5.74) is 0. The maximum atomic E-state index is 12.5. The highest BCUT2D eigenvalue weighted by atomic mass is 32.7. The highest BCUT2D eigenvalue weighted by Crippen LogP contribution is 2.57. The molecule has 0 amide bonds. The normalized spacial score (nSPS) is 38.4. The molecule has 0 bridgehead atoms. The van der Waals surface area contributed by atoms with Crippen LogP contribution in [0.3, 0.4) is 0 Å². The smallest absolute Gasteiger partial charge is 0.192 e. The Hall–Kier alpha value is 0.430. The summed E-state index contributed by atoms with van der Waals surface area (Å²) in [5, 5.41) is 9.67. The van der Waals surface area contributed by atoms with Gasteiger partial charge in [-0.15, -0.1) is 0 Å². The predicted molar refractivity (Wildman–Crippen MR) is 105 cm³/mol. The van der Waals surface area contributed by atoms with Crippen molar-refractivity contribution >= 4 is 33.9 Å². The monoisotopic (exact) mass is 433 g/mol. The summed E-state index contributed by atoms with van der Waals surface area (Å²) >= 11 is 0.676. The largest absolute Gasteiger partial charge is 0.770 e. The molecule has 0 aromatic heterocycles. The molecule has 0 aromatic carbocycles. The molecule has 8 unspecified atom stereocenters. The zero-order valence-electron chi connectivity index (χ0n) is 16.6. The Balaban J connectivity index is 1.90. The lowest BCUT2D eigenvalue weighted by Crippen LogP contribution is -2.39. The quantitative estimate of drug-likeness (QED) is 0.386. The Bertz CT molecular complexity index is 543. The molecule has 8 atom stereocenters. The van der Waals surface area contributed by atoms with Gasteiger partial charge in [-0.25, -0.2) is 0 Å². The minimum Gasteiger partial charge on any atom is -0.770 e. The fourth-order valence-corrected chi connectivity index (χ4v) is 6.34. The standard InChI is InChI=1S/C16H29B2O8PS/c1-8(2)22-6-10-12(5-13(17)25-10)28-27(20,21)23-7-11-15(24-9(3)4)14(19)16(18)26-11/h8-16,19H,5-7H2,1-4H3,(H,20,21)/p-1. The van der Waals surface area contributed by atoms with Gasteiger partial charge in [0.05, 0.1) is 31.5 Å². The van der Waals surface area contributed by atoms with E-state index in [1.807, 2.05) is 13.8 Å². The SMILES string of the molecule is [B]C1CC(SP(=O)([O-])OCC2OC([B])C(O)C2OC(C)C)C(COC(C)C)O1. The third kappa shape index (κ3) is 7.29. The van der Waals surface area contributed by atoms with Crippen LogP contribution in [0.1, 0.15) is 34.1 Å². The van der Waals surface area contributed by atoms with Gasteiger partial charge in [-0.1, -0.05) is 11.4 Å². The van der Waals surface area contributed by atoms with E-state index >= 15 is 0 Å². The fourth-order valence-electron chi connectivity index (χ4n) is 3.04. The Morgan fingerprint density at radius 1 is 1.18 bits per heavy atom. The fraction of sp³-hybridized carbons (Fsp3) is 1.00. The lowest BCUT2D eigenvalue weighted by atomic mass is 9.93. The summed E-state index contributed by atoms with van der Waals surface area (Å²) in [5.74, 6) is 0. The first-order chi connectivity index (χ1) is 13.0. The van der Waals surface area contributed by atoms with Crippen molar-refractivity contribution < 1.29 is 38.0 Å². The van der Waals surface area contributed by atoms with Crippen LogP contribution in [0.4, 0.5) is 0 Å². The highest BCUT2D eigenvalue weighted by molar-refractivity contribution is 8.54. The van der Waals surface area contributed by atoms with Gasteiger partial charge in [-0.3, -0.25) is 4.57 Å². The van der Waals surface area contributed by atoms with E-state index in [9.17, 15) is 14.6 Å². The van der Waals surface area contributed by atoms with Gasteiger partial charge < -0.3 is 33.5 Å². The molecular weight excluding hydrogens is 405 g/mol. The van der Waals surface area contributed by atoms with Crippen molar-refractivity contribution in [1.29, 1.82) is 0 Å². The van der Waals surface area contributed by atoms with Crippen LogP contribution in [0.5, 0.6) is 0 Å². The third-order valence-electron chi connectivity index (χ3n) is 4.28. The maximum Gasteiger partial charge on any atom is 0.192 e. The summed E-state index contributed by atoms with van der Waals surface area (Å²) in [4.78, 5) is 12.5. The Morgan fingerprint density at radius 3 is 2.46 bits per heavy atom. The Labute approximate surface area is 173 Å². The molecular formula is C16H28B2O8PS-. The average molecular weight is 433 g/mol. The maximum absolute atomic E-state index is 12.5. The molecule has 12 heteroatoms. The first kappa shape index (κ1) is 24.7. The van der Waals surface area contributed by atoms with Gasteiger partial charge in [-0.2, -0.15) is 0 Å². The van der Waals surface area contributed by atoms with E-state index in [0.717, 1.165) is 0 Å². The second-order valence-electron chi connectivity index (χ2n) is 7.50.